The molecule has 1 aliphatic rings. The van der Waals surface area contributed by atoms with Gasteiger partial charge in [0.2, 0.25) is 0 Å². The lowest BCUT2D eigenvalue weighted by atomic mass is 9.89. The predicted molar refractivity (Wildman–Crippen MR) is 79.4 cm³/mol. The van der Waals surface area contributed by atoms with Crippen molar-refractivity contribution in [2.45, 2.75) is 39.0 Å². The Balaban J connectivity index is 1.86. The number of hydrogen-bond acceptors (Lipinski definition) is 1. The second-order valence-electron chi connectivity index (χ2n) is 5.27. The summed E-state index contributed by atoms with van der Waals surface area (Å²) in [5.41, 5.74) is 0.964. The van der Waals surface area contributed by atoms with E-state index in [2.05, 4.69) is 5.32 Å². The molecule has 3 nitrogen and oxygen atoms in total. The first-order chi connectivity index (χ1) is 9.31. The molecular formula is C16H24N2O. The van der Waals surface area contributed by atoms with E-state index in [1.54, 1.807) is 4.90 Å². The third kappa shape index (κ3) is 3.98. The Labute approximate surface area is 116 Å². The maximum atomic E-state index is 12.2. The molecule has 0 aromatic heterocycles. The molecule has 1 aromatic carbocycles. The largest absolute Gasteiger partial charge is 0.337 e. The van der Waals surface area contributed by atoms with Gasteiger partial charge < -0.3 is 5.32 Å². The zero-order valence-electron chi connectivity index (χ0n) is 11.8. The summed E-state index contributed by atoms with van der Waals surface area (Å²) in [6.07, 6.45) is 6.51. The number of anilines is 1. The molecule has 19 heavy (non-hydrogen) atoms. The summed E-state index contributed by atoms with van der Waals surface area (Å²) >= 11 is 0. The molecule has 0 unspecified atom stereocenters. The van der Waals surface area contributed by atoms with Crippen molar-refractivity contribution in [1.29, 1.82) is 0 Å². The van der Waals surface area contributed by atoms with Gasteiger partial charge >= 0.3 is 6.03 Å². The van der Waals surface area contributed by atoms with Crippen molar-refractivity contribution >= 4 is 11.7 Å². The number of urea groups is 1. The molecule has 1 saturated carbocycles. The van der Waals surface area contributed by atoms with Crippen LogP contribution in [-0.4, -0.2) is 19.1 Å². The van der Waals surface area contributed by atoms with Crippen molar-refractivity contribution in [3.63, 3.8) is 0 Å². The van der Waals surface area contributed by atoms with Crippen LogP contribution < -0.4 is 10.2 Å². The summed E-state index contributed by atoms with van der Waals surface area (Å²) in [5, 5.41) is 3.09. The highest BCUT2D eigenvalue weighted by Gasteiger charge is 2.17. The van der Waals surface area contributed by atoms with Gasteiger partial charge in [0.15, 0.2) is 0 Å². The van der Waals surface area contributed by atoms with E-state index in [0.717, 1.165) is 12.2 Å². The molecule has 2 amide bonds. The molecule has 0 spiro atoms. The van der Waals surface area contributed by atoms with Gasteiger partial charge in [0.1, 0.15) is 0 Å². The summed E-state index contributed by atoms with van der Waals surface area (Å²) in [5.74, 6) is 0.673. The van der Waals surface area contributed by atoms with Gasteiger partial charge in [0.25, 0.3) is 0 Å². The van der Waals surface area contributed by atoms with Crippen LogP contribution in [0.25, 0.3) is 0 Å². The fraction of sp³-hybridized carbons (Fsp3) is 0.562. The molecule has 0 saturated heterocycles. The molecule has 1 aliphatic carbocycles. The van der Waals surface area contributed by atoms with Crippen LogP contribution in [0.2, 0.25) is 0 Å². The third-order valence-corrected chi connectivity index (χ3v) is 3.90. The molecule has 1 fully saturated rings. The molecule has 0 bridgehead atoms. The highest BCUT2D eigenvalue weighted by atomic mass is 16.2. The van der Waals surface area contributed by atoms with Crippen molar-refractivity contribution in [2.75, 3.05) is 18.0 Å². The standard InChI is InChI=1S/C16H24N2O/c1-2-18(15-11-7-4-8-12-15)16(19)17-13-14-9-5-3-6-10-14/h4,7-8,11-12,14H,2-3,5-6,9-10,13H2,1H3,(H,17,19). The van der Waals surface area contributed by atoms with Gasteiger partial charge in [-0.3, -0.25) is 4.90 Å². The molecule has 104 valence electrons. The second-order valence-corrected chi connectivity index (χ2v) is 5.27. The number of carbonyl (C=O) groups excluding carboxylic acids is 1. The zero-order valence-corrected chi connectivity index (χ0v) is 11.8. The molecule has 3 heteroatoms. The third-order valence-electron chi connectivity index (χ3n) is 3.90. The minimum Gasteiger partial charge on any atom is -0.337 e. The van der Waals surface area contributed by atoms with Gasteiger partial charge in [-0.25, -0.2) is 4.79 Å². The van der Waals surface area contributed by atoms with E-state index in [0.29, 0.717) is 12.5 Å². The van der Waals surface area contributed by atoms with Gasteiger partial charge in [-0.1, -0.05) is 37.5 Å². The Hall–Kier alpha value is -1.51. The Morgan fingerprint density at radius 3 is 2.53 bits per heavy atom. The van der Waals surface area contributed by atoms with Crippen molar-refractivity contribution < 1.29 is 4.79 Å². The monoisotopic (exact) mass is 260 g/mol. The maximum absolute atomic E-state index is 12.2. The summed E-state index contributed by atoms with van der Waals surface area (Å²) in [6, 6.07) is 9.88. The lowest BCUT2D eigenvalue weighted by Gasteiger charge is -2.25. The Morgan fingerprint density at radius 2 is 1.89 bits per heavy atom. The van der Waals surface area contributed by atoms with E-state index in [-0.39, 0.29) is 6.03 Å². The van der Waals surface area contributed by atoms with Crippen LogP contribution in [0.4, 0.5) is 10.5 Å². The van der Waals surface area contributed by atoms with Gasteiger partial charge in [-0.15, -0.1) is 0 Å². The number of benzene rings is 1. The SMILES string of the molecule is CCN(C(=O)NCC1CCCCC1)c1ccccc1. The predicted octanol–water partition coefficient (Wildman–Crippen LogP) is 3.80. The number of amides is 2. The van der Waals surface area contributed by atoms with Gasteiger partial charge in [-0.05, 0) is 37.8 Å². The minimum absolute atomic E-state index is 0.0271. The normalized spacial score (nSPS) is 16.1. The van der Waals surface area contributed by atoms with Crippen LogP contribution >= 0.6 is 0 Å². The highest BCUT2D eigenvalue weighted by Crippen LogP contribution is 2.23. The van der Waals surface area contributed by atoms with Gasteiger partial charge in [0.05, 0.1) is 0 Å². The highest BCUT2D eigenvalue weighted by molar-refractivity contribution is 5.91. The number of para-hydroxylation sites is 1. The van der Waals surface area contributed by atoms with Crippen LogP contribution in [0.15, 0.2) is 30.3 Å². The second kappa shape index (κ2) is 7.17. The topological polar surface area (TPSA) is 32.3 Å². The number of nitrogens with zero attached hydrogens (tertiary/aromatic N) is 1. The lowest BCUT2D eigenvalue weighted by Crippen LogP contribution is -2.42. The van der Waals surface area contributed by atoms with Crippen molar-refractivity contribution in [3.05, 3.63) is 30.3 Å². The van der Waals surface area contributed by atoms with E-state index in [9.17, 15) is 4.79 Å². The quantitative estimate of drug-likeness (QED) is 0.877. The Morgan fingerprint density at radius 1 is 1.21 bits per heavy atom. The van der Waals surface area contributed by atoms with Crippen molar-refractivity contribution in [1.82, 2.24) is 5.32 Å². The Kier molecular flexibility index (Phi) is 5.25. The summed E-state index contributed by atoms with van der Waals surface area (Å²) in [7, 11) is 0. The van der Waals surface area contributed by atoms with Crippen LogP contribution in [0.5, 0.6) is 0 Å². The van der Waals surface area contributed by atoms with E-state index < -0.39 is 0 Å². The van der Waals surface area contributed by atoms with Crippen LogP contribution in [0, 0.1) is 5.92 Å². The molecule has 0 heterocycles. The average Bonchev–Trinajstić information content (AvgIpc) is 2.48. The summed E-state index contributed by atoms with van der Waals surface area (Å²) in [6.45, 7) is 3.52. The summed E-state index contributed by atoms with van der Waals surface area (Å²) < 4.78 is 0. The van der Waals surface area contributed by atoms with Crippen LogP contribution in [-0.2, 0) is 0 Å². The van der Waals surface area contributed by atoms with Crippen LogP contribution in [0.1, 0.15) is 39.0 Å². The maximum Gasteiger partial charge on any atom is 0.321 e. The summed E-state index contributed by atoms with van der Waals surface area (Å²) in [4.78, 5) is 14.0. The molecule has 0 radical (unpaired) electrons. The molecule has 1 aromatic rings. The zero-order chi connectivity index (χ0) is 13.5. The lowest BCUT2D eigenvalue weighted by molar-refractivity contribution is 0.242. The number of rotatable bonds is 4. The van der Waals surface area contributed by atoms with Gasteiger partial charge in [0, 0.05) is 18.8 Å². The minimum atomic E-state index is 0.0271. The number of hydrogen-bond donors (Lipinski definition) is 1. The van der Waals surface area contributed by atoms with E-state index in [4.69, 9.17) is 0 Å². The van der Waals surface area contributed by atoms with Crippen molar-refractivity contribution in [3.8, 4) is 0 Å². The molecule has 0 atom stereocenters. The Bertz CT molecular complexity index is 385. The first-order valence-corrected chi connectivity index (χ1v) is 7.41. The van der Waals surface area contributed by atoms with E-state index in [1.165, 1.54) is 32.1 Å². The number of nitrogens with one attached hydrogen (secondary N) is 1. The number of carbonyl (C=O) groups is 1. The van der Waals surface area contributed by atoms with Crippen molar-refractivity contribution in [2.24, 2.45) is 5.92 Å². The van der Waals surface area contributed by atoms with Gasteiger partial charge in [-0.2, -0.15) is 0 Å². The first kappa shape index (κ1) is 13.9. The molecular weight excluding hydrogens is 236 g/mol. The molecule has 2 rings (SSSR count). The van der Waals surface area contributed by atoms with E-state index >= 15 is 0 Å². The smallest absolute Gasteiger partial charge is 0.321 e. The average molecular weight is 260 g/mol. The van der Waals surface area contributed by atoms with Crippen LogP contribution in [0.3, 0.4) is 0 Å². The fourth-order valence-electron chi connectivity index (χ4n) is 2.77. The first-order valence-electron chi connectivity index (χ1n) is 7.41. The fourth-order valence-corrected chi connectivity index (χ4v) is 2.77. The molecule has 1 N–H and O–H groups in total. The molecule has 0 aliphatic heterocycles. The van der Waals surface area contributed by atoms with E-state index in [1.807, 2.05) is 37.3 Å².